The second-order valence-electron chi connectivity index (χ2n) is 13.9. The first-order valence-electron chi connectivity index (χ1n) is 18.1. The number of rotatable bonds is 11. The van der Waals surface area contributed by atoms with Crippen LogP contribution in [0.25, 0.3) is 0 Å². The van der Waals surface area contributed by atoms with Crippen molar-refractivity contribution >= 4 is 30.4 Å². The highest BCUT2D eigenvalue weighted by Gasteiger charge is 2.43. The van der Waals surface area contributed by atoms with E-state index in [0.29, 0.717) is 25.6 Å². The molecule has 1 heterocycles. The Labute approximate surface area is 305 Å². The number of nitrogens with two attached hydrogens (primary N) is 2. The van der Waals surface area contributed by atoms with Crippen LogP contribution in [0.5, 0.6) is 0 Å². The number of ether oxygens (including phenoxy) is 1. The van der Waals surface area contributed by atoms with E-state index in [4.69, 9.17) is 9.53 Å². The summed E-state index contributed by atoms with van der Waals surface area (Å²) >= 11 is 0. The molecule has 11 nitrogen and oxygen atoms in total. The number of aldehydes is 1. The monoisotopic (exact) mass is 710 g/mol. The molecule has 50 heavy (non-hydrogen) atoms. The standard InChI is InChI=1S/C16H29NO3.C15H24N2O.C3H8.C2H5NO.C2H6.CH3NO/c1-11-8-9-17(12(11)10-18)14(19)13(15(2,3)4)20-16(5,6)7;1-3-7-14(16-2)10-11-15(18)17-12-13-8-5-4-6-9-13;1-3-2;1-2(3)4;1-2;2-1-3/h10-13H,8-9H2,1-7H3;4-6,8-9,14,16H,3,7,10-12H2,1-2H3,(H,17,18);3H2,1-2H3;1H3,(H2,3,4);1-2H3;1H,(H2,2,3). The number of primary amides is 2. The minimum atomic E-state index is -0.532. The third kappa shape index (κ3) is 29.6. The van der Waals surface area contributed by atoms with E-state index in [0.717, 1.165) is 37.5 Å². The third-order valence-corrected chi connectivity index (χ3v) is 6.77. The molecule has 4 amide bonds. The molecule has 6 N–H and O–H groups in total. The molecule has 0 saturated carbocycles. The van der Waals surface area contributed by atoms with Gasteiger partial charge < -0.3 is 36.5 Å². The van der Waals surface area contributed by atoms with Crippen molar-refractivity contribution in [2.45, 2.75) is 159 Å². The van der Waals surface area contributed by atoms with Crippen LogP contribution in [-0.4, -0.2) is 72.7 Å². The Bertz CT molecular complexity index is 1000. The number of carbonyl (C=O) groups excluding carboxylic acids is 5. The van der Waals surface area contributed by atoms with Crippen molar-refractivity contribution in [1.29, 1.82) is 0 Å². The van der Waals surface area contributed by atoms with Crippen LogP contribution < -0.4 is 22.1 Å². The fourth-order valence-corrected chi connectivity index (χ4v) is 4.51. The van der Waals surface area contributed by atoms with Crippen LogP contribution >= 0.6 is 0 Å². The second kappa shape index (κ2) is 31.7. The van der Waals surface area contributed by atoms with Gasteiger partial charge in [-0.05, 0) is 64.0 Å². The van der Waals surface area contributed by atoms with Gasteiger partial charge in [0.15, 0.2) is 0 Å². The fourth-order valence-electron chi connectivity index (χ4n) is 4.51. The number of hydrogen-bond donors (Lipinski definition) is 4. The molecule has 1 aromatic rings. The lowest BCUT2D eigenvalue weighted by atomic mass is 9.87. The molecule has 4 unspecified atom stereocenters. The van der Waals surface area contributed by atoms with E-state index in [2.05, 4.69) is 42.9 Å². The van der Waals surface area contributed by atoms with Gasteiger partial charge in [-0.15, -0.1) is 0 Å². The summed E-state index contributed by atoms with van der Waals surface area (Å²) < 4.78 is 6.00. The highest BCUT2D eigenvalue weighted by atomic mass is 16.5. The van der Waals surface area contributed by atoms with Crippen molar-refractivity contribution in [3.8, 4) is 0 Å². The minimum absolute atomic E-state index is 0.0612. The van der Waals surface area contributed by atoms with Gasteiger partial charge in [0.25, 0.3) is 5.91 Å². The predicted octanol–water partition coefficient (Wildman–Crippen LogP) is 6.16. The second-order valence-corrected chi connectivity index (χ2v) is 13.9. The highest BCUT2D eigenvalue weighted by Crippen LogP contribution is 2.31. The molecule has 4 atom stereocenters. The molecule has 2 rings (SSSR count). The topological polar surface area (TPSA) is 174 Å². The van der Waals surface area contributed by atoms with Gasteiger partial charge in [-0.25, -0.2) is 0 Å². The number of hydrogen-bond acceptors (Lipinski definition) is 7. The van der Waals surface area contributed by atoms with E-state index in [1.165, 1.54) is 13.3 Å². The van der Waals surface area contributed by atoms with Gasteiger partial charge in [0.05, 0.1) is 11.6 Å². The van der Waals surface area contributed by atoms with Gasteiger partial charge in [0, 0.05) is 32.5 Å². The molecule has 0 aliphatic carbocycles. The quantitative estimate of drug-likeness (QED) is 0.199. The highest BCUT2D eigenvalue weighted by molar-refractivity contribution is 5.85. The van der Waals surface area contributed by atoms with Crippen LogP contribution in [0.15, 0.2) is 30.3 Å². The van der Waals surface area contributed by atoms with Crippen molar-refractivity contribution in [2.24, 2.45) is 22.8 Å². The molecule has 1 aliphatic rings. The maximum absolute atomic E-state index is 12.8. The first-order valence-corrected chi connectivity index (χ1v) is 18.1. The lowest BCUT2D eigenvalue weighted by Gasteiger charge is -2.38. The van der Waals surface area contributed by atoms with E-state index in [9.17, 15) is 19.2 Å². The Hall–Kier alpha value is -3.31. The zero-order chi connectivity index (χ0) is 39.9. The van der Waals surface area contributed by atoms with E-state index < -0.39 is 11.7 Å². The SMILES string of the molecule is CC.CC(N)=O.CC1CCN(C(=O)C(OC(C)(C)C)C(C)(C)C)C1C=O.CCC.CCCC(CCC(=O)NCc1ccccc1)NC.NC=O. The summed E-state index contributed by atoms with van der Waals surface area (Å²) in [7, 11) is 1.96. The molecule has 0 spiro atoms. The maximum atomic E-state index is 12.8. The van der Waals surface area contributed by atoms with E-state index in [1.54, 1.807) is 4.90 Å². The summed E-state index contributed by atoms with van der Waals surface area (Å²) in [6, 6.07) is 10.1. The number of carbonyl (C=O) groups is 5. The Morgan fingerprint density at radius 3 is 1.86 bits per heavy atom. The van der Waals surface area contributed by atoms with Crippen molar-refractivity contribution in [3.05, 3.63) is 35.9 Å². The van der Waals surface area contributed by atoms with Gasteiger partial charge in [-0.3, -0.25) is 19.2 Å². The summed E-state index contributed by atoms with van der Waals surface area (Å²) in [6.07, 6.45) is 6.52. The summed E-state index contributed by atoms with van der Waals surface area (Å²) in [4.78, 5) is 55.3. The summed E-state index contributed by atoms with van der Waals surface area (Å²) in [6.45, 7) is 26.8. The largest absolute Gasteiger partial charge is 0.372 e. The van der Waals surface area contributed by atoms with Crippen molar-refractivity contribution in [2.75, 3.05) is 13.6 Å². The lowest BCUT2D eigenvalue weighted by molar-refractivity contribution is -0.166. The zero-order valence-electron chi connectivity index (χ0n) is 34.1. The molecule has 1 saturated heterocycles. The van der Waals surface area contributed by atoms with Crippen LogP contribution in [0, 0.1) is 11.3 Å². The normalized spacial score (nSPS) is 15.8. The number of nitrogens with one attached hydrogen (secondary N) is 2. The number of benzene rings is 1. The number of amides is 4. The van der Waals surface area contributed by atoms with Crippen LogP contribution in [-0.2, 0) is 35.3 Å². The van der Waals surface area contributed by atoms with Crippen LogP contribution in [0.3, 0.4) is 0 Å². The average Bonchev–Trinajstić information content (AvgIpc) is 3.42. The number of nitrogens with zero attached hydrogens (tertiary/aromatic N) is 1. The Morgan fingerprint density at radius 1 is 1.00 bits per heavy atom. The first-order chi connectivity index (χ1) is 23.3. The molecular weight excluding hydrogens is 634 g/mol. The van der Waals surface area contributed by atoms with Crippen molar-refractivity contribution < 1.29 is 28.7 Å². The third-order valence-electron chi connectivity index (χ3n) is 6.77. The molecule has 0 aromatic heterocycles. The van der Waals surface area contributed by atoms with Gasteiger partial charge in [0.2, 0.25) is 18.2 Å². The van der Waals surface area contributed by atoms with Crippen molar-refractivity contribution in [3.63, 3.8) is 0 Å². The van der Waals surface area contributed by atoms with Crippen molar-refractivity contribution in [1.82, 2.24) is 15.5 Å². The zero-order valence-corrected chi connectivity index (χ0v) is 34.1. The Kier molecular flexibility index (Phi) is 33.9. The molecular formula is C39H75N5O6. The fraction of sp³-hybridized carbons (Fsp3) is 0.718. The number of likely N-dealkylation sites (tertiary alicyclic amines) is 1. The van der Waals surface area contributed by atoms with Crippen LogP contribution in [0.4, 0.5) is 0 Å². The minimum Gasteiger partial charge on any atom is -0.372 e. The predicted molar refractivity (Wildman–Crippen MR) is 207 cm³/mol. The molecule has 0 radical (unpaired) electrons. The molecule has 11 heteroatoms. The Morgan fingerprint density at radius 2 is 1.48 bits per heavy atom. The molecule has 292 valence electrons. The smallest absolute Gasteiger partial charge is 0.252 e. The van der Waals surface area contributed by atoms with Gasteiger partial charge >= 0.3 is 0 Å². The van der Waals surface area contributed by atoms with E-state index in [1.807, 2.05) is 99.7 Å². The maximum Gasteiger partial charge on any atom is 0.252 e. The van der Waals surface area contributed by atoms with E-state index >= 15 is 0 Å². The van der Waals surface area contributed by atoms with Gasteiger partial charge in [-0.2, -0.15) is 0 Å². The van der Waals surface area contributed by atoms with E-state index in [-0.39, 0.29) is 41.5 Å². The summed E-state index contributed by atoms with van der Waals surface area (Å²) in [5, 5.41) is 6.21. The van der Waals surface area contributed by atoms with Gasteiger partial charge in [-0.1, -0.05) is 105 Å². The van der Waals surface area contributed by atoms with Gasteiger partial charge in [0.1, 0.15) is 12.4 Å². The molecule has 0 bridgehead atoms. The lowest BCUT2D eigenvalue weighted by Crippen LogP contribution is -2.51. The molecule has 1 fully saturated rings. The van der Waals surface area contributed by atoms with Crippen LogP contribution in [0.1, 0.15) is 134 Å². The average molecular weight is 710 g/mol. The Balaban J connectivity index is -0.000000322. The first kappa shape index (κ1) is 53.5. The molecule has 1 aliphatic heterocycles. The molecule has 1 aromatic carbocycles. The summed E-state index contributed by atoms with van der Waals surface area (Å²) in [5.41, 5.74) is 9.09. The summed E-state index contributed by atoms with van der Waals surface area (Å²) in [5.74, 6) is -0.0317. The van der Waals surface area contributed by atoms with Crippen LogP contribution in [0.2, 0.25) is 0 Å².